The summed E-state index contributed by atoms with van der Waals surface area (Å²) in [5.41, 5.74) is 1.44. The number of carbonyl (C=O) groups excluding carboxylic acids is 1. The highest BCUT2D eigenvalue weighted by molar-refractivity contribution is 6.14. The summed E-state index contributed by atoms with van der Waals surface area (Å²) in [6.07, 6.45) is 1.37. The number of rotatable bonds is 5. The number of carbonyl (C=O) groups is 1. The minimum absolute atomic E-state index is 0.197. The van der Waals surface area contributed by atoms with Crippen molar-refractivity contribution in [2.45, 2.75) is 0 Å². The Balaban J connectivity index is 2.12. The lowest BCUT2D eigenvalue weighted by molar-refractivity contribution is 0.103. The number of methoxy groups -OCH3 is 3. The second kappa shape index (κ2) is 6.54. The zero-order chi connectivity index (χ0) is 17.1. The summed E-state index contributed by atoms with van der Waals surface area (Å²) in [6, 6.07) is 10.3. The molecule has 0 saturated carbocycles. The highest BCUT2D eigenvalue weighted by atomic mass is 16.5. The van der Waals surface area contributed by atoms with Gasteiger partial charge in [-0.05, 0) is 30.3 Å². The Morgan fingerprint density at radius 2 is 1.54 bits per heavy atom. The number of aromatic nitrogens is 2. The molecule has 0 aliphatic carbocycles. The molecule has 1 aromatic heterocycles. The Labute approximate surface area is 139 Å². The van der Waals surface area contributed by atoms with Gasteiger partial charge in [0, 0.05) is 17.0 Å². The number of fused-ring (bicyclic) bond motifs is 1. The number of benzene rings is 2. The van der Waals surface area contributed by atoms with Crippen molar-refractivity contribution in [3.05, 3.63) is 54.0 Å². The van der Waals surface area contributed by atoms with E-state index in [4.69, 9.17) is 14.2 Å². The van der Waals surface area contributed by atoms with Gasteiger partial charge < -0.3 is 14.2 Å². The van der Waals surface area contributed by atoms with Crippen molar-refractivity contribution in [3.63, 3.8) is 0 Å². The molecular formula is C18H16N2O4. The van der Waals surface area contributed by atoms with Crippen LogP contribution < -0.4 is 14.2 Å². The molecule has 0 atom stereocenters. The lowest BCUT2D eigenvalue weighted by Gasteiger charge is -2.10. The van der Waals surface area contributed by atoms with Crippen molar-refractivity contribution in [2.75, 3.05) is 21.3 Å². The van der Waals surface area contributed by atoms with Gasteiger partial charge >= 0.3 is 0 Å². The van der Waals surface area contributed by atoms with Crippen LogP contribution in [0.5, 0.6) is 17.2 Å². The van der Waals surface area contributed by atoms with Crippen LogP contribution in [-0.4, -0.2) is 37.1 Å². The van der Waals surface area contributed by atoms with Crippen molar-refractivity contribution >= 4 is 16.7 Å². The summed E-state index contributed by atoms with van der Waals surface area (Å²) in [7, 11) is 4.67. The lowest BCUT2D eigenvalue weighted by atomic mass is 10.0. The minimum atomic E-state index is -0.197. The Morgan fingerprint density at radius 3 is 2.17 bits per heavy atom. The molecule has 2 aromatic carbocycles. The topological polar surface area (TPSA) is 70.5 Å². The molecule has 0 fully saturated rings. The highest BCUT2D eigenvalue weighted by Gasteiger charge is 2.17. The largest absolute Gasteiger partial charge is 0.497 e. The predicted molar refractivity (Wildman–Crippen MR) is 89.1 cm³/mol. The molecule has 6 nitrogen and oxygen atoms in total. The number of nitrogens with zero attached hydrogens (tertiary/aromatic N) is 2. The fourth-order valence-corrected chi connectivity index (χ4v) is 2.44. The fourth-order valence-electron chi connectivity index (χ4n) is 2.44. The second-order valence-electron chi connectivity index (χ2n) is 5.00. The van der Waals surface area contributed by atoms with E-state index in [1.165, 1.54) is 6.33 Å². The van der Waals surface area contributed by atoms with Crippen LogP contribution in [-0.2, 0) is 0 Å². The van der Waals surface area contributed by atoms with Crippen molar-refractivity contribution in [1.29, 1.82) is 0 Å². The third-order valence-electron chi connectivity index (χ3n) is 3.71. The zero-order valence-electron chi connectivity index (χ0n) is 13.6. The smallest absolute Gasteiger partial charge is 0.212 e. The first-order valence-electron chi connectivity index (χ1n) is 7.23. The van der Waals surface area contributed by atoms with Gasteiger partial charge in [0.05, 0.1) is 26.8 Å². The number of hydrogen-bond acceptors (Lipinski definition) is 6. The van der Waals surface area contributed by atoms with Gasteiger partial charge in [0.2, 0.25) is 5.78 Å². The van der Waals surface area contributed by atoms with Crippen LogP contribution in [0.25, 0.3) is 10.9 Å². The van der Waals surface area contributed by atoms with Gasteiger partial charge in [-0.1, -0.05) is 0 Å². The van der Waals surface area contributed by atoms with E-state index < -0.39 is 0 Å². The first kappa shape index (κ1) is 15.7. The maximum atomic E-state index is 12.8. The molecule has 0 N–H and O–H groups in total. The van der Waals surface area contributed by atoms with Crippen LogP contribution in [0.3, 0.4) is 0 Å². The van der Waals surface area contributed by atoms with E-state index >= 15 is 0 Å². The van der Waals surface area contributed by atoms with E-state index in [-0.39, 0.29) is 5.78 Å². The maximum Gasteiger partial charge on any atom is 0.212 e. The van der Waals surface area contributed by atoms with E-state index in [0.29, 0.717) is 39.4 Å². The van der Waals surface area contributed by atoms with Crippen LogP contribution in [0.4, 0.5) is 0 Å². The summed E-state index contributed by atoms with van der Waals surface area (Å²) in [5, 5.41) is 0.607. The summed E-state index contributed by atoms with van der Waals surface area (Å²) < 4.78 is 15.7. The van der Waals surface area contributed by atoms with Gasteiger partial charge in [0.1, 0.15) is 17.8 Å². The number of ether oxygens (including phenoxy) is 3. The van der Waals surface area contributed by atoms with Gasteiger partial charge in [-0.25, -0.2) is 9.97 Å². The molecule has 0 amide bonds. The number of hydrogen-bond donors (Lipinski definition) is 0. The van der Waals surface area contributed by atoms with Crippen molar-refractivity contribution in [2.24, 2.45) is 0 Å². The first-order chi connectivity index (χ1) is 11.7. The molecule has 0 radical (unpaired) electrons. The van der Waals surface area contributed by atoms with Crippen LogP contribution in [0.2, 0.25) is 0 Å². The minimum Gasteiger partial charge on any atom is -0.497 e. The van der Waals surface area contributed by atoms with Crippen LogP contribution >= 0.6 is 0 Å². The zero-order valence-corrected chi connectivity index (χ0v) is 13.6. The molecule has 6 heteroatoms. The average Bonchev–Trinajstić information content (AvgIpc) is 2.65. The van der Waals surface area contributed by atoms with E-state index in [1.807, 2.05) is 0 Å². The standard InChI is InChI=1S/C18H16N2O4/c1-22-12-6-4-11(5-7-12)18(21)17-13-8-15(23-2)16(24-3)9-14(13)19-10-20-17/h4-10H,1-3H3. The van der Waals surface area contributed by atoms with Crippen molar-refractivity contribution < 1.29 is 19.0 Å². The van der Waals surface area contributed by atoms with Gasteiger partial charge in [0.25, 0.3) is 0 Å². The Morgan fingerprint density at radius 1 is 0.875 bits per heavy atom. The Kier molecular flexibility index (Phi) is 4.29. The molecule has 0 unspecified atom stereocenters. The normalized spacial score (nSPS) is 10.5. The summed E-state index contributed by atoms with van der Waals surface area (Å²) in [4.78, 5) is 21.2. The van der Waals surface area contributed by atoms with Crippen LogP contribution in [0, 0.1) is 0 Å². The maximum absolute atomic E-state index is 12.8. The van der Waals surface area contributed by atoms with Gasteiger partial charge in [-0.3, -0.25) is 4.79 Å². The van der Waals surface area contributed by atoms with E-state index in [9.17, 15) is 4.79 Å². The Hall–Kier alpha value is -3.15. The van der Waals surface area contributed by atoms with Gasteiger partial charge in [0.15, 0.2) is 11.5 Å². The van der Waals surface area contributed by atoms with E-state index in [0.717, 1.165) is 0 Å². The third kappa shape index (κ3) is 2.74. The lowest BCUT2D eigenvalue weighted by Crippen LogP contribution is -2.06. The van der Waals surface area contributed by atoms with Crippen LogP contribution in [0.1, 0.15) is 16.1 Å². The first-order valence-corrected chi connectivity index (χ1v) is 7.23. The molecule has 0 aliphatic heterocycles. The Bertz CT molecular complexity index is 891. The molecule has 3 aromatic rings. The van der Waals surface area contributed by atoms with Gasteiger partial charge in [-0.15, -0.1) is 0 Å². The summed E-state index contributed by atoms with van der Waals surface area (Å²) in [6.45, 7) is 0. The van der Waals surface area contributed by atoms with E-state index in [2.05, 4.69) is 9.97 Å². The average molecular weight is 324 g/mol. The molecule has 24 heavy (non-hydrogen) atoms. The number of ketones is 1. The van der Waals surface area contributed by atoms with Crippen LogP contribution in [0.15, 0.2) is 42.7 Å². The van der Waals surface area contributed by atoms with Gasteiger partial charge in [-0.2, -0.15) is 0 Å². The summed E-state index contributed by atoms with van der Waals surface area (Å²) in [5.74, 6) is 1.55. The predicted octanol–water partition coefficient (Wildman–Crippen LogP) is 2.89. The van der Waals surface area contributed by atoms with E-state index in [1.54, 1.807) is 57.7 Å². The highest BCUT2D eigenvalue weighted by Crippen LogP contribution is 2.32. The molecule has 122 valence electrons. The van der Waals surface area contributed by atoms with Crippen molar-refractivity contribution in [1.82, 2.24) is 9.97 Å². The summed E-state index contributed by atoms with van der Waals surface area (Å²) >= 11 is 0. The second-order valence-corrected chi connectivity index (χ2v) is 5.00. The molecule has 1 heterocycles. The molecule has 0 bridgehead atoms. The molecular weight excluding hydrogens is 308 g/mol. The quantitative estimate of drug-likeness (QED) is 0.672. The molecule has 3 rings (SSSR count). The molecule has 0 spiro atoms. The fraction of sp³-hybridized carbons (Fsp3) is 0.167. The monoisotopic (exact) mass is 324 g/mol. The van der Waals surface area contributed by atoms with Crippen molar-refractivity contribution in [3.8, 4) is 17.2 Å². The molecule has 0 aliphatic rings. The SMILES string of the molecule is COc1ccc(C(=O)c2ncnc3cc(OC)c(OC)cc23)cc1. The molecule has 0 saturated heterocycles. The third-order valence-corrected chi connectivity index (χ3v) is 3.71.